The summed E-state index contributed by atoms with van der Waals surface area (Å²) in [5.41, 5.74) is 0.754. The molecule has 1 aliphatic rings. The SMILES string of the molecule is CCCN(CC(=O)Nc1cc(C(C)(C)C)no1)C1CNC1. The van der Waals surface area contributed by atoms with Crippen molar-refractivity contribution in [3.05, 3.63) is 11.8 Å². The molecule has 2 rings (SSSR count). The maximum Gasteiger partial charge on any atom is 0.240 e. The average molecular weight is 294 g/mol. The zero-order valence-electron chi connectivity index (χ0n) is 13.4. The minimum atomic E-state index is -0.0850. The molecule has 1 fully saturated rings. The van der Waals surface area contributed by atoms with Gasteiger partial charge in [-0.3, -0.25) is 15.0 Å². The highest BCUT2D eigenvalue weighted by Crippen LogP contribution is 2.23. The number of carbonyl (C=O) groups excluding carboxylic acids is 1. The molecule has 21 heavy (non-hydrogen) atoms. The summed E-state index contributed by atoms with van der Waals surface area (Å²) in [5.74, 6) is 0.375. The Bertz CT molecular complexity index is 474. The predicted molar refractivity (Wildman–Crippen MR) is 82.4 cm³/mol. The molecule has 0 atom stereocenters. The number of nitrogens with one attached hydrogen (secondary N) is 2. The van der Waals surface area contributed by atoms with Crippen LogP contribution in [0.5, 0.6) is 0 Å². The Hall–Kier alpha value is -1.40. The fraction of sp³-hybridized carbons (Fsp3) is 0.733. The molecule has 6 heteroatoms. The van der Waals surface area contributed by atoms with E-state index in [4.69, 9.17) is 4.52 Å². The zero-order chi connectivity index (χ0) is 15.5. The Kier molecular flexibility index (Phi) is 5.00. The number of hydrogen-bond acceptors (Lipinski definition) is 5. The maximum atomic E-state index is 12.1. The van der Waals surface area contributed by atoms with Gasteiger partial charge < -0.3 is 9.84 Å². The molecule has 118 valence electrons. The van der Waals surface area contributed by atoms with Gasteiger partial charge in [0.25, 0.3) is 0 Å². The fourth-order valence-corrected chi connectivity index (χ4v) is 2.26. The van der Waals surface area contributed by atoms with Gasteiger partial charge in [-0.2, -0.15) is 0 Å². The molecule has 0 aromatic carbocycles. The Morgan fingerprint density at radius 3 is 2.71 bits per heavy atom. The molecule has 1 aliphatic heterocycles. The first-order valence-electron chi connectivity index (χ1n) is 7.62. The number of amides is 1. The Morgan fingerprint density at radius 1 is 1.52 bits per heavy atom. The van der Waals surface area contributed by atoms with E-state index in [9.17, 15) is 4.79 Å². The molecule has 0 saturated carbocycles. The second kappa shape index (κ2) is 6.58. The lowest BCUT2D eigenvalue weighted by Crippen LogP contribution is -2.58. The average Bonchev–Trinajstić information content (AvgIpc) is 2.74. The van der Waals surface area contributed by atoms with E-state index in [-0.39, 0.29) is 11.3 Å². The third-order valence-corrected chi connectivity index (χ3v) is 3.68. The van der Waals surface area contributed by atoms with Gasteiger partial charge in [-0.25, -0.2) is 0 Å². The largest absolute Gasteiger partial charge is 0.338 e. The van der Waals surface area contributed by atoms with Crippen LogP contribution in [0.1, 0.15) is 39.8 Å². The van der Waals surface area contributed by atoms with E-state index in [2.05, 4.69) is 48.4 Å². The topological polar surface area (TPSA) is 70.4 Å². The summed E-state index contributed by atoms with van der Waals surface area (Å²) in [6.07, 6.45) is 1.04. The van der Waals surface area contributed by atoms with E-state index in [1.165, 1.54) is 0 Å². The zero-order valence-corrected chi connectivity index (χ0v) is 13.4. The number of rotatable bonds is 6. The van der Waals surface area contributed by atoms with Crippen molar-refractivity contribution in [2.45, 2.75) is 45.6 Å². The van der Waals surface area contributed by atoms with Gasteiger partial charge in [0, 0.05) is 30.6 Å². The summed E-state index contributed by atoms with van der Waals surface area (Å²) in [6.45, 7) is 11.6. The van der Waals surface area contributed by atoms with E-state index in [0.717, 1.165) is 31.7 Å². The molecule has 0 bridgehead atoms. The standard InChI is InChI=1S/C15H26N4O2/c1-5-6-19(11-8-16-9-11)10-13(20)17-14-7-12(18-21-14)15(2,3)4/h7,11,16H,5-6,8-10H2,1-4H3,(H,17,20). The van der Waals surface area contributed by atoms with E-state index in [1.54, 1.807) is 6.07 Å². The molecule has 2 N–H and O–H groups in total. The first kappa shape index (κ1) is 16.0. The molecule has 0 aliphatic carbocycles. The van der Waals surface area contributed by atoms with Crippen LogP contribution in [-0.2, 0) is 10.2 Å². The van der Waals surface area contributed by atoms with E-state index in [1.807, 2.05) is 0 Å². The third kappa shape index (κ3) is 4.28. The van der Waals surface area contributed by atoms with Crippen LogP contribution in [0.15, 0.2) is 10.6 Å². The molecule has 1 aromatic rings. The van der Waals surface area contributed by atoms with Crippen LogP contribution < -0.4 is 10.6 Å². The monoisotopic (exact) mass is 294 g/mol. The maximum absolute atomic E-state index is 12.1. The van der Waals surface area contributed by atoms with Gasteiger partial charge in [0.05, 0.1) is 12.2 Å². The highest BCUT2D eigenvalue weighted by atomic mass is 16.5. The van der Waals surface area contributed by atoms with Crippen LogP contribution in [0.3, 0.4) is 0 Å². The normalized spacial score (nSPS) is 16.0. The number of carbonyl (C=O) groups is 1. The van der Waals surface area contributed by atoms with Crippen molar-refractivity contribution >= 4 is 11.8 Å². The van der Waals surface area contributed by atoms with E-state index in [0.29, 0.717) is 18.5 Å². The van der Waals surface area contributed by atoms with Gasteiger partial charge in [0.2, 0.25) is 11.8 Å². The highest BCUT2D eigenvalue weighted by Gasteiger charge is 2.26. The predicted octanol–water partition coefficient (Wildman–Crippen LogP) is 1.59. The van der Waals surface area contributed by atoms with Crippen molar-refractivity contribution in [1.29, 1.82) is 0 Å². The third-order valence-electron chi connectivity index (χ3n) is 3.68. The molecular weight excluding hydrogens is 268 g/mol. The number of nitrogens with zero attached hydrogens (tertiary/aromatic N) is 2. The molecule has 0 spiro atoms. The van der Waals surface area contributed by atoms with Gasteiger partial charge in [-0.15, -0.1) is 0 Å². The summed E-state index contributed by atoms with van der Waals surface area (Å²) in [4.78, 5) is 14.4. The Morgan fingerprint density at radius 2 is 2.24 bits per heavy atom. The van der Waals surface area contributed by atoms with E-state index < -0.39 is 0 Å². The van der Waals surface area contributed by atoms with Crippen LogP contribution in [0, 0.1) is 0 Å². The smallest absolute Gasteiger partial charge is 0.240 e. The van der Waals surface area contributed by atoms with Crippen LogP contribution in [-0.4, -0.2) is 48.2 Å². The molecule has 1 aromatic heterocycles. The van der Waals surface area contributed by atoms with Gasteiger partial charge in [0.1, 0.15) is 0 Å². The second-order valence-electron chi connectivity index (χ2n) is 6.66. The Balaban J connectivity index is 1.89. The number of aromatic nitrogens is 1. The minimum absolute atomic E-state index is 0.0491. The first-order valence-corrected chi connectivity index (χ1v) is 7.62. The van der Waals surface area contributed by atoms with Crippen molar-refractivity contribution in [3.8, 4) is 0 Å². The van der Waals surface area contributed by atoms with Crippen molar-refractivity contribution in [2.75, 3.05) is 31.5 Å². The quantitative estimate of drug-likeness (QED) is 0.834. The van der Waals surface area contributed by atoms with Crippen molar-refractivity contribution in [2.24, 2.45) is 0 Å². The van der Waals surface area contributed by atoms with Gasteiger partial charge in [-0.1, -0.05) is 32.9 Å². The minimum Gasteiger partial charge on any atom is -0.338 e. The lowest BCUT2D eigenvalue weighted by molar-refractivity contribution is -0.118. The van der Waals surface area contributed by atoms with Crippen LogP contribution in [0.25, 0.3) is 0 Å². The van der Waals surface area contributed by atoms with Gasteiger partial charge in [-0.05, 0) is 13.0 Å². The van der Waals surface area contributed by atoms with Gasteiger partial charge in [0.15, 0.2) is 0 Å². The molecule has 0 radical (unpaired) electrons. The lowest BCUT2D eigenvalue weighted by atomic mass is 9.92. The van der Waals surface area contributed by atoms with Crippen LogP contribution in [0.2, 0.25) is 0 Å². The number of anilines is 1. The molecule has 1 saturated heterocycles. The summed E-state index contributed by atoms with van der Waals surface area (Å²) >= 11 is 0. The van der Waals surface area contributed by atoms with Crippen LogP contribution >= 0.6 is 0 Å². The molecule has 1 amide bonds. The highest BCUT2D eigenvalue weighted by molar-refractivity contribution is 5.91. The fourth-order valence-electron chi connectivity index (χ4n) is 2.26. The van der Waals surface area contributed by atoms with Gasteiger partial charge >= 0.3 is 0 Å². The van der Waals surface area contributed by atoms with Crippen molar-refractivity contribution in [1.82, 2.24) is 15.4 Å². The summed E-state index contributed by atoms with van der Waals surface area (Å²) in [7, 11) is 0. The summed E-state index contributed by atoms with van der Waals surface area (Å²) in [6, 6.07) is 2.27. The second-order valence-corrected chi connectivity index (χ2v) is 6.66. The van der Waals surface area contributed by atoms with Crippen LogP contribution in [0.4, 0.5) is 5.88 Å². The summed E-state index contributed by atoms with van der Waals surface area (Å²) < 4.78 is 5.19. The Labute approximate surface area is 126 Å². The molecular formula is C15H26N4O2. The number of hydrogen-bond donors (Lipinski definition) is 2. The molecule has 0 unspecified atom stereocenters. The van der Waals surface area contributed by atoms with Crippen molar-refractivity contribution in [3.63, 3.8) is 0 Å². The summed E-state index contributed by atoms with van der Waals surface area (Å²) in [5, 5.41) is 10.0. The molecule has 6 nitrogen and oxygen atoms in total. The van der Waals surface area contributed by atoms with E-state index >= 15 is 0 Å². The lowest BCUT2D eigenvalue weighted by Gasteiger charge is -2.37. The molecule has 2 heterocycles. The van der Waals surface area contributed by atoms with Crippen molar-refractivity contribution < 1.29 is 9.32 Å². The first-order chi connectivity index (χ1) is 9.90.